The second kappa shape index (κ2) is 8.78. The Labute approximate surface area is 178 Å². The number of sulfone groups is 1. The lowest BCUT2D eigenvalue weighted by molar-refractivity contribution is -0.120. The number of Topliss-reactive ketones (excluding diaryl/α,β-unsaturated/α-hetero) is 1. The van der Waals surface area contributed by atoms with Crippen molar-refractivity contribution in [1.82, 2.24) is 5.32 Å². The number of benzene rings is 2. The van der Waals surface area contributed by atoms with Gasteiger partial charge in [0, 0.05) is 24.4 Å². The zero-order valence-electron chi connectivity index (χ0n) is 17.9. The van der Waals surface area contributed by atoms with Crippen molar-refractivity contribution < 1.29 is 22.7 Å². The first-order chi connectivity index (χ1) is 14.3. The predicted octanol–water partition coefficient (Wildman–Crippen LogP) is 3.69. The Balaban J connectivity index is 2.29. The molecule has 6 nitrogen and oxygen atoms in total. The number of fused-ring (bicyclic) bond motifs is 1. The lowest BCUT2D eigenvalue weighted by Crippen LogP contribution is -2.51. The minimum absolute atomic E-state index is 0.0347. The highest BCUT2D eigenvalue weighted by atomic mass is 32.2. The first-order valence-electron chi connectivity index (χ1n) is 10.1. The quantitative estimate of drug-likeness (QED) is 0.720. The Morgan fingerprint density at radius 2 is 1.73 bits per heavy atom. The lowest BCUT2D eigenvalue weighted by atomic mass is 9.87. The number of hydrogen-bond donors (Lipinski definition) is 1. The van der Waals surface area contributed by atoms with Gasteiger partial charge in [0.25, 0.3) is 0 Å². The third-order valence-electron chi connectivity index (χ3n) is 5.82. The Morgan fingerprint density at radius 1 is 1.10 bits per heavy atom. The number of nitrogens with one attached hydrogen (secondary N) is 1. The van der Waals surface area contributed by atoms with Crippen LogP contribution in [0.1, 0.15) is 50.3 Å². The molecule has 2 aromatic rings. The zero-order chi connectivity index (χ0) is 21.9. The van der Waals surface area contributed by atoms with Gasteiger partial charge < -0.3 is 9.47 Å². The second-order valence-electron chi connectivity index (χ2n) is 7.70. The Bertz CT molecular complexity index is 1020. The molecule has 0 amide bonds. The first kappa shape index (κ1) is 22.3. The largest absolute Gasteiger partial charge is 0.493 e. The van der Waals surface area contributed by atoms with E-state index in [9.17, 15) is 13.2 Å². The summed E-state index contributed by atoms with van der Waals surface area (Å²) in [6.07, 6.45) is 1.03. The van der Waals surface area contributed by atoms with Crippen molar-refractivity contribution in [2.45, 2.75) is 49.6 Å². The minimum atomic E-state index is -3.70. The summed E-state index contributed by atoms with van der Waals surface area (Å²) in [5.41, 5.74) is 0.648. The number of carbonyl (C=O) groups is 1. The van der Waals surface area contributed by atoms with Gasteiger partial charge in [-0.15, -0.1) is 0 Å². The van der Waals surface area contributed by atoms with Crippen molar-refractivity contribution in [3.63, 3.8) is 0 Å². The van der Waals surface area contributed by atoms with Crippen LogP contribution in [0.15, 0.2) is 47.4 Å². The van der Waals surface area contributed by atoms with Crippen LogP contribution in [-0.2, 0) is 14.6 Å². The molecule has 1 aliphatic heterocycles. The van der Waals surface area contributed by atoms with Gasteiger partial charge in [-0.3, -0.25) is 10.1 Å². The molecule has 7 heteroatoms. The van der Waals surface area contributed by atoms with E-state index in [4.69, 9.17) is 9.47 Å². The van der Waals surface area contributed by atoms with E-state index in [0.717, 1.165) is 5.56 Å². The van der Waals surface area contributed by atoms with Gasteiger partial charge in [0.2, 0.25) is 0 Å². The highest BCUT2D eigenvalue weighted by Gasteiger charge is 2.43. The van der Waals surface area contributed by atoms with Gasteiger partial charge in [-0.05, 0) is 23.6 Å². The molecule has 1 N–H and O–H groups in total. The number of rotatable bonds is 7. The maximum Gasteiger partial charge on any atom is 0.180 e. The third-order valence-corrected chi connectivity index (χ3v) is 7.77. The van der Waals surface area contributed by atoms with Crippen molar-refractivity contribution >= 4 is 15.6 Å². The molecule has 162 valence electrons. The average molecular weight is 432 g/mol. The van der Waals surface area contributed by atoms with Crippen LogP contribution in [0.5, 0.6) is 11.5 Å². The van der Waals surface area contributed by atoms with E-state index in [-0.39, 0.29) is 22.9 Å². The predicted molar refractivity (Wildman–Crippen MR) is 116 cm³/mol. The number of hydrogen-bond acceptors (Lipinski definition) is 6. The molecule has 0 saturated carbocycles. The van der Waals surface area contributed by atoms with E-state index in [1.54, 1.807) is 13.0 Å². The molecular weight excluding hydrogens is 402 g/mol. The maximum absolute atomic E-state index is 13.5. The number of carbonyl (C=O) groups excluding carboxylic acids is 1. The van der Waals surface area contributed by atoms with Crippen LogP contribution in [0.25, 0.3) is 0 Å². The van der Waals surface area contributed by atoms with E-state index >= 15 is 0 Å². The van der Waals surface area contributed by atoms with Crippen molar-refractivity contribution in [2.75, 3.05) is 20.0 Å². The first-order valence-corrected chi connectivity index (χ1v) is 11.8. The highest BCUT2D eigenvalue weighted by Crippen LogP contribution is 2.42. The van der Waals surface area contributed by atoms with Crippen molar-refractivity contribution in [3.05, 3.63) is 53.6 Å². The molecule has 0 unspecified atom stereocenters. The van der Waals surface area contributed by atoms with Crippen molar-refractivity contribution in [2.24, 2.45) is 0 Å². The smallest absolute Gasteiger partial charge is 0.180 e. The highest BCUT2D eigenvalue weighted by molar-refractivity contribution is 7.91. The molecule has 1 aliphatic rings. The summed E-state index contributed by atoms with van der Waals surface area (Å²) in [6.45, 7) is 3.72. The molecule has 0 fully saturated rings. The fraction of sp³-hybridized carbons (Fsp3) is 0.435. The molecule has 0 saturated heterocycles. The molecule has 0 radical (unpaired) electrons. The molecule has 0 aromatic heterocycles. The molecule has 1 heterocycles. The summed E-state index contributed by atoms with van der Waals surface area (Å²) >= 11 is 0. The van der Waals surface area contributed by atoms with Crippen LogP contribution in [0, 0.1) is 0 Å². The van der Waals surface area contributed by atoms with Gasteiger partial charge in [-0.1, -0.05) is 44.2 Å². The summed E-state index contributed by atoms with van der Waals surface area (Å²) in [6, 6.07) is 12.5. The minimum Gasteiger partial charge on any atom is -0.493 e. The Morgan fingerprint density at radius 3 is 2.30 bits per heavy atom. The molecule has 2 atom stereocenters. The molecule has 0 aliphatic carbocycles. The molecule has 0 spiro atoms. The molecule has 30 heavy (non-hydrogen) atoms. The summed E-state index contributed by atoms with van der Waals surface area (Å²) in [4.78, 5) is 12.6. The van der Waals surface area contributed by atoms with Gasteiger partial charge in [0.1, 0.15) is 5.78 Å². The van der Waals surface area contributed by atoms with E-state index in [0.29, 0.717) is 29.9 Å². The van der Waals surface area contributed by atoms with Crippen LogP contribution in [-0.4, -0.2) is 39.7 Å². The van der Waals surface area contributed by atoms with Gasteiger partial charge in [0.15, 0.2) is 21.3 Å². The van der Waals surface area contributed by atoms with Gasteiger partial charge in [0.05, 0.1) is 30.9 Å². The summed E-state index contributed by atoms with van der Waals surface area (Å²) in [7, 11) is -0.693. The SMILES string of the molecule is CCC(=O)C[C@@]1(CC)CS(=O)(=O)c2cc(OC)c(OC)cc2[C@H](c2ccccc2)N1. The van der Waals surface area contributed by atoms with Crippen LogP contribution in [0.4, 0.5) is 0 Å². The normalized spacial score (nSPS) is 22.6. The van der Waals surface area contributed by atoms with Crippen LogP contribution in [0.3, 0.4) is 0 Å². The van der Waals surface area contributed by atoms with Crippen LogP contribution >= 0.6 is 0 Å². The van der Waals surface area contributed by atoms with E-state index in [2.05, 4.69) is 5.32 Å². The topological polar surface area (TPSA) is 81.7 Å². The van der Waals surface area contributed by atoms with E-state index in [1.165, 1.54) is 20.3 Å². The summed E-state index contributed by atoms with van der Waals surface area (Å²) < 4.78 is 37.9. The van der Waals surface area contributed by atoms with E-state index < -0.39 is 21.4 Å². The standard InChI is InChI=1S/C23H29NO5S/c1-5-17(25)14-23(6-2)15-30(26,27)21-13-20(29-4)19(28-3)12-18(21)22(24-23)16-10-8-7-9-11-16/h7-13,22,24H,5-6,14-15H2,1-4H3/t22-,23-/m0/s1. The summed E-state index contributed by atoms with van der Waals surface area (Å²) in [5.74, 6) is 0.698. The van der Waals surface area contributed by atoms with Gasteiger partial charge in [-0.25, -0.2) is 8.42 Å². The average Bonchev–Trinajstić information content (AvgIpc) is 2.85. The van der Waals surface area contributed by atoms with Gasteiger partial charge in [-0.2, -0.15) is 0 Å². The molecular formula is C23H29NO5S. The lowest BCUT2D eigenvalue weighted by Gasteiger charge is -2.35. The van der Waals surface area contributed by atoms with Crippen LogP contribution in [0.2, 0.25) is 0 Å². The van der Waals surface area contributed by atoms with Crippen molar-refractivity contribution in [1.29, 1.82) is 0 Å². The summed E-state index contributed by atoms with van der Waals surface area (Å²) in [5, 5.41) is 3.56. The molecule has 3 rings (SSSR count). The second-order valence-corrected chi connectivity index (χ2v) is 9.65. The van der Waals surface area contributed by atoms with Crippen molar-refractivity contribution in [3.8, 4) is 11.5 Å². The number of methoxy groups -OCH3 is 2. The number of ketones is 1. The Hall–Kier alpha value is -2.38. The fourth-order valence-corrected chi connectivity index (χ4v) is 6.18. The molecule has 0 bridgehead atoms. The van der Waals surface area contributed by atoms with Gasteiger partial charge >= 0.3 is 0 Å². The zero-order valence-corrected chi connectivity index (χ0v) is 18.7. The molecule has 2 aromatic carbocycles. The Kier molecular flexibility index (Phi) is 6.53. The monoisotopic (exact) mass is 431 g/mol. The number of ether oxygens (including phenoxy) is 2. The fourth-order valence-electron chi connectivity index (χ4n) is 4.08. The van der Waals surface area contributed by atoms with Crippen LogP contribution < -0.4 is 14.8 Å². The maximum atomic E-state index is 13.5. The van der Waals surface area contributed by atoms with E-state index in [1.807, 2.05) is 37.3 Å². The third kappa shape index (κ3) is 4.23.